The Bertz CT molecular complexity index is 398. The summed E-state index contributed by atoms with van der Waals surface area (Å²) in [6.07, 6.45) is 3.45. The average molecular weight is 204 g/mol. The number of nitrogens with two attached hydrogens (primary N) is 1. The third-order valence-corrected chi connectivity index (χ3v) is 3.25. The molecule has 3 rings (SSSR count). The molecular weight excluding hydrogens is 188 g/mol. The minimum Gasteiger partial charge on any atom is -0.383 e. The van der Waals surface area contributed by atoms with Crippen molar-refractivity contribution in [1.82, 2.24) is 14.9 Å². The van der Waals surface area contributed by atoms with Crippen molar-refractivity contribution in [3.8, 4) is 0 Å². The van der Waals surface area contributed by atoms with Crippen molar-refractivity contribution in [3.63, 3.8) is 0 Å². The molecule has 1 aromatic rings. The summed E-state index contributed by atoms with van der Waals surface area (Å²) in [5, 5.41) is 0. The highest BCUT2D eigenvalue weighted by atomic mass is 15.1. The molecule has 0 saturated heterocycles. The Balaban J connectivity index is 2.03. The molecule has 1 aliphatic heterocycles. The van der Waals surface area contributed by atoms with Gasteiger partial charge in [0.25, 0.3) is 0 Å². The number of rotatable bonds is 1. The maximum Gasteiger partial charge on any atom is 0.134 e. The van der Waals surface area contributed by atoms with Crippen LogP contribution in [0.2, 0.25) is 0 Å². The van der Waals surface area contributed by atoms with Crippen LogP contribution in [0.25, 0.3) is 0 Å². The third kappa shape index (κ3) is 1.59. The number of aromatic nitrogens is 2. The molecular formula is C11H16N4. The minimum atomic E-state index is 0.588. The van der Waals surface area contributed by atoms with E-state index >= 15 is 0 Å². The van der Waals surface area contributed by atoms with Crippen LogP contribution in [0, 0.1) is 0 Å². The monoisotopic (exact) mass is 204 g/mol. The zero-order chi connectivity index (χ0) is 10.4. The normalized spacial score (nSPS) is 21.4. The van der Waals surface area contributed by atoms with E-state index in [-0.39, 0.29) is 0 Å². The first kappa shape index (κ1) is 9.09. The van der Waals surface area contributed by atoms with E-state index in [1.54, 1.807) is 0 Å². The van der Waals surface area contributed by atoms with Gasteiger partial charge >= 0.3 is 0 Å². The first-order valence-corrected chi connectivity index (χ1v) is 5.58. The zero-order valence-electron chi connectivity index (χ0n) is 9.03. The molecule has 1 saturated carbocycles. The van der Waals surface area contributed by atoms with Crippen molar-refractivity contribution in [2.24, 2.45) is 0 Å². The zero-order valence-corrected chi connectivity index (χ0v) is 9.03. The topological polar surface area (TPSA) is 55.0 Å². The fourth-order valence-electron chi connectivity index (χ4n) is 2.13. The molecule has 2 heterocycles. The molecule has 0 bridgehead atoms. The van der Waals surface area contributed by atoms with Crippen LogP contribution in [0.15, 0.2) is 0 Å². The van der Waals surface area contributed by atoms with E-state index in [1.165, 1.54) is 18.4 Å². The van der Waals surface area contributed by atoms with Gasteiger partial charge < -0.3 is 10.6 Å². The van der Waals surface area contributed by atoms with Gasteiger partial charge in [-0.25, -0.2) is 9.97 Å². The molecule has 4 heteroatoms. The summed E-state index contributed by atoms with van der Waals surface area (Å²) in [6, 6.07) is 0. The Hall–Kier alpha value is -1.16. The number of nitrogens with zero attached hydrogens (tertiary/aromatic N) is 3. The second-order valence-electron chi connectivity index (χ2n) is 4.65. The van der Waals surface area contributed by atoms with E-state index in [1.807, 2.05) is 0 Å². The number of hydrogen-bond acceptors (Lipinski definition) is 4. The molecule has 15 heavy (non-hydrogen) atoms. The second kappa shape index (κ2) is 3.17. The van der Waals surface area contributed by atoms with Gasteiger partial charge in [0.15, 0.2) is 0 Å². The smallest absolute Gasteiger partial charge is 0.134 e. The average Bonchev–Trinajstić information content (AvgIpc) is 2.99. The lowest BCUT2D eigenvalue weighted by Gasteiger charge is -2.25. The highest BCUT2D eigenvalue weighted by Crippen LogP contribution is 2.39. The van der Waals surface area contributed by atoms with Crippen molar-refractivity contribution in [2.45, 2.75) is 31.7 Å². The van der Waals surface area contributed by atoms with Gasteiger partial charge in [0.05, 0.1) is 5.69 Å². The van der Waals surface area contributed by atoms with Gasteiger partial charge in [-0.1, -0.05) is 0 Å². The molecule has 0 amide bonds. The van der Waals surface area contributed by atoms with Crippen molar-refractivity contribution in [3.05, 3.63) is 17.1 Å². The largest absolute Gasteiger partial charge is 0.383 e. The van der Waals surface area contributed by atoms with Crippen molar-refractivity contribution in [2.75, 3.05) is 19.3 Å². The summed E-state index contributed by atoms with van der Waals surface area (Å²) in [7, 11) is 2.12. The minimum absolute atomic E-state index is 0.588. The Morgan fingerprint density at radius 3 is 2.87 bits per heavy atom. The maximum absolute atomic E-state index is 5.98. The van der Waals surface area contributed by atoms with Crippen LogP contribution in [-0.2, 0) is 13.0 Å². The lowest BCUT2D eigenvalue weighted by atomic mass is 10.1. The second-order valence-corrected chi connectivity index (χ2v) is 4.65. The van der Waals surface area contributed by atoms with Gasteiger partial charge in [0.2, 0.25) is 0 Å². The quantitative estimate of drug-likeness (QED) is 0.739. The van der Waals surface area contributed by atoms with Crippen LogP contribution < -0.4 is 5.73 Å². The van der Waals surface area contributed by atoms with E-state index in [4.69, 9.17) is 5.73 Å². The van der Waals surface area contributed by atoms with Crippen molar-refractivity contribution in [1.29, 1.82) is 0 Å². The number of likely N-dealkylation sites (N-methyl/N-ethyl adjacent to an activating group) is 1. The van der Waals surface area contributed by atoms with E-state index < -0.39 is 0 Å². The van der Waals surface area contributed by atoms with Gasteiger partial charge in [0.1, 0.15) is 11.6 Å². The van der Waals surface area contributed by atoms with Crippen LogP contribution in [-0.4, -0.2) is 28.5 Å². The fourth-order valence-corrected chi connectivity index (χ4v) is 2.13. The van der Waals surface area contributed by atoms with Crippen LogP contribution in [0.5, 0.6) is 0 Å². The Morgan fingerprint density at radius 2 is 2.13 bits per heavy atom. The predicted octanol–water partition coefficient (Wildman–Crippen LogP) is 0.924. The van der Waals surface area contributed by atoms with Gasteiger partial charge in [-0.3, -0.25) is 0 Å². The van der Waals surface area contributed by atoms with Gasteiger partial charge in [0, 0.05) is 24.6 Å². The molecule has 2 aliphatic rings. The van der Waals surface area contributed by atoms with E-state index in [0.29, 0.717) is 5.92 Å². The highest BCUT2D eigenvalue weighted by Gasteiger charge is 2.29. The summed E-state index contributed by atoms with van der Waals surface area (Å²) in [5.41, 5.74) is 8.31. The predicted molar refractivity (Wildman–Crippen MR) is 58.5 cm³/mol. The van der Waals surface area contributed by atoms with Gasteiger partial charge in [-0.15, -0.1) is 0 Å². The summed E-state index contributed by atoms with van der Waals surface area (Å²) in [4.78, 5) is 11.4. The van der Waals surface area contributed by atoms with E-state index in [0.717, 1.165) is 36.8 Å². The number of nitrogen functional groups attached to an aromatic ring is 1. The molecule has 0 radical (unpaired) electrons. The maximum atomic E-state index is 5.98. The molecule has 0 unspecified atom stereocenters. The molecule has 4 nitrogen and oxygen atoms in total. The molecule has 2 N–H and O–H groups in total. The Morgan fingerprint density at radius 1 is 1.33 bits per heavy atom. The lowest BCUT2D eigenvalue weighted by molar-refractivity contribution is 0.307. The molecule has 1 aromatic heterocycles. The van der Waals surface area contributed by atoms with E-state index in [9.17, 15) is 0 Å². The number of fused-ring (bicyclic) bond motifs is 1. The molecule has 80 valence electrons. The molecule has 0 aromatic carbocycles. The lowest BCUT2D eigenvalue weighted by Crippen LogP contribution is -2.29. The number of hydrogen-bond donors (Lipinski definition) is 1. The number of anilines is 1. The third-order valence-electron chi connectivity index (χ3n) is 3.25. The van der Waals surface area contributed by atoms with Crippen molar-refractivity contribution >= 4 is 5.82 Å². The summed E-state index contributed by atoms with van der Waals surface area (Å²) in [6.45, 7) is 1.98. The molecule has 0 atom stereocenters. The van der Waals surface area contributed by atoms with Crippen LogP contribution in [0.1, 0.15) is 35.8 Å². The van der Waals surface area contributed by atoms with E-state index in [2.05, 4.69) is 21.9 Å². The van der Waals surface area contributed by atoms with Crippen molar-refractivity contribution < 1.29 is 0 Å². The first-order valence-electron chi connectivity index (χ1n) is 5.58. The summed E-state index contributed by atoms with van der Waals surface area (Å²) >= 11 is 0. The van der Waals surface area contributed by atoms with Crippen LogP contribution in [0.3, 0.4) is 0 Å². The van der Waals surface area contributed by atoms with Crippen LogP contribution >= 0.6 is 0 Å². The van der Waals surface area contributed by atoms with Crippen LogP contribution in [0.4, 0.5) is 5.82 Å². The molecule has 1 fully saturated rings. The highest BCUT2D eigenvalue weighted by molar-refractivity contribution is 5.44. The van der Waals surface area contributed by atoms with Gasteiger partial charge in [-0.2, -0.15) is 0 Å². The standard InChI is InChI=1S/C11H16N4/c1-15-5-4-8-9(6-15)13-11(7-2-3-7)14-10(8)12/h7H,2-6H2,1H3,(H2,12,13,14). The SMILES string of the molecule is CN1CCc2c(N)nc(C3CC3)nc2C1. The first-order chi connectivity index (χ1) is 7.24. The summed E-state index contributed by atoms with van der Waals surface area (Å²) < 4.78 is 0. The Kier molecular flexibility index (Phi) is 1.92. The summed E-state index contributed by atoms with van der Waals surface area (Å²) in [5.74, 6) is 2.28. The fraction of sp³-hybridized carbons (Fsp3) is 0.636. The molecule has 1 aliphatic carbocycles. The molecule has 0 spiro atoms. The Labute approximate surface area is 89.5 Å². The van der Waals surface area contributed by atoms with Gasteiger partial charge in [-0.05, 0) is 26.3 Å².